The maximum absolute atomic E-state index is 5.30. The Bertz CT molecular complexity index is 322. The lowest BCUT2D eigenvalue weighted by molar-refractivity contribution is 0.725. The number of aryl methyl sites for hydroxylation is 1. The Hall–Kier alpha value is -1.06. The van der Waals surface area contributed by atoms with Crippen LogP contribution < -0.4 is 16.2 Å². The minimum absolute atomic E-state index is 0.747. The molecular weight excluding hydrogens is 174 g/mol. The van der Waals surface area contributed by atoms with Gasteiger partial charge in [-0.3, -0.25) is 11.3 Å². The molecule has 0 aromatic heterocycles. The van der Waals surface area contributed by atoms with Crippen LogP contribution in [-0.2, 0) is 13.0 Å². The number of nitrogens with one attached hydrogen (secondary N) is 1. The third-order valence-electron chi connectivity index (χ3n) is 2.80. The number of rotatable bonds is 2. The van der Waals surface area contributed by atoms with Gasteiger partial charge in [0.1, 0.15) is 0 Å². The highest BCUT2D eigenvalue weighted by atomic mass is 15.2. The fraction of sp³-hybridized carbons (Fsp3) is 0.455. The molecule has 3 N–H and O–H groups in total. The van der Waals surface area contributed by atoms with Crippen molar-refractivity contribution in [1.82, 2.24) is 5.43 Å². The lowest BCUT2D eigenvalue weighted by Crippen LogP contribution is -2.25. The zero-order valence-electron chi connectivity index (χ0n) is 8.59. The van der Waals surface area contributed by atoms with Crippen molar-refractivity contribution >= 4 is 5.69 Å². The lowest BCUT2D eigenvalue weighted by atomic mass is 10.00. The van der Waals surface area contributed by atoms with E-state index in [2.05, 4.69) is 35.6 Å². The van der Waals surface area contributed by atoms with Crippen molar-refractivity contribution in [2.75, 3.05) is 18.5 Å². The van der Waals surface area contributed by atoms with E-state index in [-0.39, 0.29) is 0 Å². The molecule has 1 aliphatic rings. The summed E-state index contributed by atoms with van der Waals surface area (Å²) in [4.78, 5) is 2.32. The largest absolute Gasteiger partial charge is 0.374 e. The summed E-state index contributed by atoms with van der Waals surface area (Å²) in [5, 5.41) is 0. The van der Waals surface area contributed by atoms with Crippen LogP contribution in [0.3, 0.4) is 0 Å². The van der Waals surface area contributed by atoms with Crippen molar-refractivity contribution in [2.24, 2.45) is 5.84 Å². The Labute approximate surface area is 84.9 Å². The summed E-state index contributed by atoms with van der Waals surface area (Å²) in [5.74, 6) is 5.30. The molecule has 1 aliphatic heterocycles. The number of hydrazine groups is 1. The molecule has 1 heterocycles. The summed E-state index contributed by atoms with van der Waals surface area (Å²) in [6.45, 7) is 1.92. The fourth-order valence-electron chi connectivity index (χ4n) is 2.07. The number of nitrogens with zero attached hydrogens (tertiary/aromatic N) is 1. The van der Waals surface area contributed by atoms with Crippen LogP contribution in [0.4, 0.5) is 5.69 Å². The topological polar surface area (TPSA) is 41.3 Å². The van der Waals surface area contributed by atoms with Crippen LogP contribution in [0, 0.1) is 0 Å². The van der Waals surface area contributed by atoms with Crippen LogP contribution in [0.15, 0.2) is 18.2 Å². The first-order chi connectivity index (χ1) is 6.81. The maximum Gasteiger partial charge on any atom is 0.0396 e. The van der Waals surface area contributed by atoms with Gasteiger partial charge < -0.3 is 4.90 Å². The normalized spacial score (nSPS) is 15.4. The van der Waals surface area contributed by atoms with Gasteiger partial charge in [-0.1, -0.05) is 12.1 Å². The third-order valence-corrected chi connectivity index (χ3v) is 2.80. The molecule has 0 atom stereocenters. The number of nitrogens with two attached hydrogens (primary N) is 1. The van der Waals surface area contributed by atoms with Gasteiger partial charge in [0, 0.05) is 25.8 Å². The zero-order chi connectivity index (χ0) is 9.97. The van der Waals surface area contributed by atoms with Crippen LogP contribution in [-0.4, -0.2) is 13.6 Å². The van der Waals surface area contributed by atoms with E-state index in [4.69, 9.17) is 5.84 Å². The second-order valence-corrected chi connectivity index (χ2v) is 3.87. The predicted molar refractivity (Wildman–Crippen MR) is 59.1 cm³/mol. The molecule has 1 aromatic rings. The predicted octanol–water partition coefficient (Wildman–Crippen LogP) is 1.03. The van der Waals surface area contributed by atoms with E-state index in [0.717, 1.165) is 6.54 Å². The molecule has 0 saturated heterocycles. The second kappa shape index (κ2) is 3.98. The molecule has 0 aliphatic carbocycles. The molecular formula is C11H17N3. The van der Waals surface area contributed by atoms with Gasteiger partial charge in [0.15, 0.2) is 0 Å². The first-order valence-corrected chi connectivity index (χ1v) is 5.07. The van der Waals surface area contributed by atoms with E-state index in [1.165, 1.54) is 36.2 Å². The van der Waals surface area contributed by atoms with Crippen molar-refractivity contribution in [2.45, 2.75) is 19.4 Å². The Morgan fingerprint density at radius 1 is 1.50 bits per heavy atom. The standard InChI is InChI=1S/C11H17N3/c1-14-6-2-3-10-7-9(8-13-12)4-5-11(10)14/h4-5,7,13H,2-3,6,8,12H2,1H3. The fourth-order valence-corrected chi connectivity index (χ4v) is 2.07. The van der Waals surface area contributed by atoms with Gasteiger partial charge >= 0.3 is 0 Å². The summed E-state index contributed by atoms with van der Waals surface area (Å²) < 4.78 is 0. The average Bonchev–Trinajstić information content (AvgIpc) is 2.18. The molecule has 2 rings (SSSR count). The zero-order valence-corrected chi connectivity index (χ0v) is 8.59. The number of anilines is 1. The SMILES string of the molecule is CN1CCCc2cc(CNN)ccc21. The highest BCUT2D eigenvalue weighted by Gasteiger charge is 2.13. The molecule has 0 amide bonds. The number of fused-ring (bicyclic) bond motifs is 1. The van der Waals surface area contributed by atoms with Gasteiger partial charge in [-0.2, -0.15) is 0 Å². The Balaban J connectivity index is 2.29. The van der Waals surface area contributed by atoms with E-state index >= 15 is 0 Å². The van der Waals surface area contributed by atoms with E-state index in [1.807, 2.05) is 0 Å². The summed E-state index contributed by atoms with van der Waals surface area (Å²) >= 11 is 0. The van der Waals surface area contributed by atoms with Gasteiger partial charge in [0.25, 0.3) is 0 Å². The van der Waals surface area contributed by atoms with Crippen LogP contribution in [0.2, 0.25) is 0 Å². The molecule has 0 bridgehead atoms. The van der Waals surface area contributed by atoms with Gasteiger partial charge in [-0.15, -0.1) is 0 Å². The average molecular weight is 191 g/mol. The Morgan fingerprint density at radius 3 is 3.14 bits per heavy atom. The molecule has 14 heavy (non-hydrogen) atoms. The monoisotopic (exact) mass is 191 g/mol. The highest BCUT2D eigenvalue weighted by Crippen LogP contribution is 2.26. The molecule has 1 aromatic carbocycles. The number of hydrogen-bond donors (Lipinski definition) is 2. The van der Waals surface area contributed by atoms with E-state index < -0.39 is 0 Å². The first kappa shape index (κ1) is 9.49. The van der Waals surface area contributed by atoms with Crippen LogP contribution in [0.5, 0.6) is 0 Å². The molecule has 0 fully saturated rings. The Morgan fingerprint density at radius 2 is 2.36 bits per heavy atom. The van der Waals surface area contributed by atoms with Gasteiger partial charge in [-0.05, 0) is 30.0 Å². The third kappa shape index (κ3) is 1.74. The van der Waals surface area contributed by atoms with Gasteiger partial charge in [0.05, 0.1) is 0 Å². The van der Waals surface area contributed by atoms with E-state index in [0.29, 0.717) is 0 Å². The van der Waals surface area contributed by atoms with Crippen LogP contribution in [0.1, 0.15) is 17.5 Å². The van der Waals surface area contributed by atoms with Crippen molar-refractivity contribution in [3.63, 3.8) is 0 Å². The van der Waals surface area contributed by atoms with E-state index in [9.17, 15) is 0 Å². The molecule has 0 unspecified atom stereocenters. The maximum atomic E-state index is 5.30. The molecule has 0 saturated carbocycles. The first-order valence-electron chi connectivity index (χ1n) is 5.07. The van der Waals surface area contributed by atoms with Gasteiger partial charge in [-0.25, -0.2) is 0 Å². The van der Waals surface area contributed by atoms with Crippen molar-refractivity contribution < 1.29 is 0 Å². The van der Waals surface area contributed by atoms with Crippen molar-refractivity contribution in [1.29, 1.82) is 0 Å². The summed E-state index contributed by atoms with van der Waals surface area (Å²) in [6, 6.07) is 6.59. The quantitative estimate of drug-likeness (QED) is 0.542. The van der Waals surface area contributed by atoms with Crippen molar-refractivity contribution in [3.8, 4) is 0 Å². The number of benzene rings is 1. The molecule has 0 spiro atoms. The summed E-state index contributed by atoms with van der Waals surface area (Å²) in [6.07, 6.45) is 2.45. The number of hydrogen-bond acceptors (Lipinski definition) is 3. The van der Waals surface area contributed by atoms with Crippen LogP contribution >= 0.6 is 0 Å². The second-order valence-electron chi connectivity index (χ2n) is 3.87. The molecule has 76 valence electrons. The van der Waals surface area contributed by atoms with Crippen LogP contribution in [0.25, 0.3) is 0 Å². The minimum Gasteiger partial charge on any atom is -0.374 e. The van der Waals surface area contributed by atoms with E-state index in [1.54, 1.807) is 0 Å². The summed E-state index contributed by atoms with van der Waals surface area (Å²) in [5.41, 5.74) is 6.78. The highest BCUT2D eigenvalue weighted by molar-refractivity contribution is 5.56. The molecule has 3 nitrogen and oxygen atoms in total. The summed E-state index contributed by atoms with van der Waals surface area (Å²) in [7, 11) is 2.15. The molecule has 0 radical (unpaired) electrons. The molecule has 3 heteroatoms. The Kier molecular flexibility index (Phi) is 2.70. The minimum atomic E-state index is 0.747. The lowest BCUT2D eigenvalue weighted by Gasteiger charge is -2.27. The van der Waals surface area contributed by atoms with Gasteiger partial charge in [0.2, 0.25) is 0 Å². The van der Waals surface area contributed by atoms with Crippen molar-refractivity contribution in [3.05, 3.63) is 29.3 Å². The smallest absolute Gasteiger partial charge is 0.0396 e.